The van der Waals surface area contributed by atoms with Crippen LogP contribution in [-0.2, 0) is 5.41 Å². The topological polar surface area (TPSA) is 38.0 Å². The highest BCUT2D eigenvalue weighted by atomic mass is 14.9. The van der Waals surface area contributed by atoms with Crippen molar-refractivity contribution in [1.82, 2.24) is 5.32 Å². The summed E-state index contributed by atoms with van der Waals surface area (Å²) in [7, 11) is 0. The van der Waals surface area contributed by atoms with Gasteiger partial charge in [0.2, 0.25) is 0 Å². The maximum atomic E-state index is 6.36. The van der Waals surface area contributed by atoms with Crippen molar-refractivity contribution in [2.45, 2.75) is 51.5 Å². The molecule has 0 radical (unpaired) electrons. The predicted molar refractivity (Wildman–Crippen MR) is 82.3 cm³/mol. The molecule has 2 heteroatoms. The summed E-state index contributed by atoms with van der Waals surface area (Å²) in [4.78, 5) is 0. The molecule has 0 bridgehead atoms. The monoisotopic (exact) mass is 260 g/mol. The minimum Gasteiger partial charge on any atom is -0.324 e. The van der Waals surface area contributed by atoms with E-state index in [-0.39, 0.29) is 11.5 Å². The molecule has 0 aromatic heterocycles. The first-order valence-corrected chi connectivity index (χ1v) is 7.53. The van der Waals surface area contributed by atoms with Gasteiger partial charge < -0.3 is 11.1 Å². The Labute approximate surface area is 117 Å². The first-order valence-electron chi connectivity index (χ1n) is 7.53. The number of hydrogen-bond acceptors (Lipinski definition) is 2. The third-order valence-electron chi connectivity index (χ3n) is 4.25. The van der Waals surface area contributed by atoms with Gasteiger partial charge in [0.1, 0.15) is 0 Å². The molecule has 2 rings (SSSR count). The zero-order valence-corrected chi connectivity index (χ0v) is 12.6. The van der Waals surface area contributed by atoms with E-state index in [0.717, 1.165) is 25.4 Å². The summed E-state index contributed by atoms with van der Waals surface area (Å²) in [6.45, 7) is 9.05. The molecule has 1 atom stereocenters. The number of nitrogens with one attached hydrogen (secondary N) is 1. The molecule has 0 amide bonds. The molecule has 3 N–H and O–H groups in total. The summed E-state index contributed by atoms with van der Waals surface area (Å²) in [6, 6.07) is 9.09. The van der Waals surface area contributed by atoms with Crippen LogP contribution in [0.25, 0.3) is 0 Å². The summed E-state index contributed by atoms with van der Waals surface area (Å²) in [5, 5.41) is 3.41. The van der Waals surface area contributed by atoms with Crippen molar-refractivity contribution in [3.63, 3.8) is 0 Å². The minimum absolute atomic E-state index is 0.192. The van der Waals surface area contributed by atoms with Crippen LogP contribution in [0, 0.1) is 5.92 Å². The molecule has 1 aliphatic heterocycles. The third-order valence-corrected chi connectivity index (χ3v) is 4.25. The molecule has 19 heavy (non-hydrogen) atoms. The molecule has 0 spiro atoms. The van der Waals surface area contributed by atoms with Crippen LogP contribution >= 0.6 is 0 Å². The molecule has 0 saturated carbocycles. The Balaban J connectivity index is 1.97. The van der Waals surface area contributed by atoms with Crippen LogP contribution < -0.4 is 11.1 Å². The largest absolute Gasteiger partial charge is 0.324 e. The van der Waals surface area contributed by atoms with Crippen LogP contribution in [-0.4, -0.2) is 13.1 Å². The van der Waals surface area contributed by atoms with Gasteiger partial charge in [-0.3, -0.25) is 0 Å². The zero-order chi connectivity index (χ0) is 13.9. The van der Waals surface area contributed by atoms with Crippen molar-refractivity contribution in [3.8, 4) is 0 Å². The Morgan fingerprint density at radius 3 is 2.26 bits per heavy atom. The average Bonchev–Trinajstić information content (AvgIpc) is 2.39. The Morgan fingerprint density at radius 1 is 1.16 bits per heavy atom. The Kier molecular flexibility index (Phi) is 4.64. The van der Waals surface area contributed by atoms with Gasteiger partial charge in [0, 0.05) is 6.04 Å². The second-order valence-electron chi connectivity index (χ2n) is 6.91. The normalized spacial score (nSPS) is 19.4. The number of piperidine rings is 1. The van der Waals surface area contributed by atoms with Gasteiger partial charge in [0.25, 0.3) is 0 Å². The summed E-state index contributed by atoms with van der Waals surface area (Å²) in [5.74, 6) is 0.790. The van der Waals surface area contributed by atoms with E-state index in [1.165, 1.54) is 24.0 Å². The average molecular weight is 260 g/mol. The summed E-state index contributed by atoms with van der Waals surface area (Å²) >= 11 is 0. The van der Waals surface area contributed by atoms with Crippen molar-refractivity contribution in [2.24, 2.45) is 11.7 Å². The molecule has 1 saturated heterocycles. The SMILES string of the molecule is CC(C)(C)c1ccc(C(N)CC2CCNCC2)cc1. The smallest absolute Gasteiger partial charge is 0.0297 e. The van der Waals surface area contributed by atoms with E-state index < -0.39 is 0 Å². The second kappa shape index (κ2) is 6.06. The Morgan fingerprint density at radius 2 is 1.74 bits per heavy atom. The van der Waals surface area contributed by atoms with Crippen LogP contribution in [0.2, 0.25) is 0 Å². The quantitative estimate of drug-likeness (QED) is 0.874. The molecular formula is C17H28N2. The number of benzene rings is 1. The molecule has 1 aliphatic rings. The highest BCUT2D eigenvalue weighted by molar-refractivity contribution is 5.29. The van der Waals surface area contributed by atoms with Crippen LogP contribution in [0.4, 0.5) is 0 Å². The van der Waals surface area contributed by atoms with Crippen molar-refractivity contribution in [3.05, 3.63) is 35.4 Å². The van der Waals surface area contributed by atoms with E-state index in [4.69, 9.17) is 5.73 Å². The first-order chi connectivity index (χ1) is 8.97. The van der Waals surface area contributed by atoms with Gasteiger partial charge in [0.05, 0.1) is 0 Å². The van der Waals surface area contributed by atoms with E-state index >= 15 is 0 Å². The minimum atomic E-state index is 0.192. The van der Waals surface area contributed by atoms with Crippen LogP contribution in [0.3, 0.4) is 0 Å². The summed E-state index contributed by atoms with van der Waals surface area (Å²) < 4.78 is 0. The van der Waals surface area contributed by atoms with E-state index in [1.807, 2.05) is 0 Å². The van der Waals surface area contributed by atoms with E-state index in [9.17, 15) is 0 Å². The molecule has 2 nitrogen and oxygen atoms in total. The van der Waals surface area contributed by atoms with Gasteiger partial charge in [-0.15, -0.1) is 0 Å². The standard InChI is InChI=1S/C17H28N2/c1-17(2,3)15-6-4-14(5-7-15)16(18)12-13-8-10-19-11-9-13/h4-7,13,16,19H,8-12,18H2,1-3H3. The van der Waals surface area contributed by atoms with Crippen LogP contribution in [0.1, 0.15) is 57.2 Å². The van der Waals surface area contributed by atoms with Crippen molar-refractivity contribution in [1.29, 1.82) is 0 Å². The van der Waals surface area contributed by atoms with Crippen molar-refractivity contribution >= 4 is 0 Å². The molecule has 106 valence electrons. The Bertz CT molecular complexity index is 383. The predicted octanol–water partition coefficient (Wildman–Crippen LogP) is 3.37. The van der Waals surface area contributed by atoms with Gasteiger partial charge in [-0.1, -0.05) is 45.0 Å². The number of nitrogens with two attached hydrogens (primary N) is 1. The fraction of sp³-hybridized carbons (Fsp3) is 0.647. The lowest BCUT2D eigenvalue weighted by atomic mass is 9.85. The van der Waals surface area contributed by atoms with Crippen LogP contribution in [0.5, 0.6) is 0 Å². The summed E-state index contributed by atoms with van der Waals surface area (Å²) in [6.07, 6.45) is 3.66. The molecule has 1 heterocycles. The molecule has 1 unspecified atom stereocenters. The third kappa shape index (κ3) is 4.05. The highest BCUT2D eigenvalue weighted by Crippen LogP contribution is 2.27. The van der Waals surface area contributed by atoms with Crippen molar-refractivity contribution < 1.29 is 0 Å². The fourth-order valence-corrected chi connectivity index (χ4v) is 2.84. The maximum absolute atomic E-state index is 6.36. The number of hydrogen-bond donors (Lipinski definition) is 2. The molecule has 1 aromatic carbocycles. The first kappa shape index (κ1) is 14.5. The molecule has 1 fully saturated rings. The highest BCUT2D eigenvalue weighted by Gasteiger charge is 2.18. The van der Waals surface area contributed by atoms with Gasteiger partial charge in [-0.25, -0.2) is 0 Å². The van der Waals surface area contributed by atoms with Gasteiger partial charge >= 0.3 is 0 Å². The van der Waals surface area contributed by atoms with Gasteiger partial charge in [0.15, 0.2) is 0 Å². The maximum Gasteiger partial charge on any atom is 0.0297 e. The molecule has 1 aromatic rings. The molecular weight excluding hydrogens is 232 g/mol. The van der Waals surface area contributed by atoms with Gasteiger partial charge in [-0.05, 0) is 54.8 Å². The van der Waals surface area contributed by atoms with Crippen molar-refractivity contribution in [2.75, 3.05) is 13.1 Å². The zero-order valence-electron chi connectivity index (χ0n) is 12.6. The molecule has 0 aliphatic carbocycles. The van der Waals surface area contributed by atoms with Crippen LogP contribution in [0.15, 0.2) is 24.3 Å². The lowest BCUT2D eigenvalue weighted by molar-refractivity contribution is 0.333. The van der Waals surface area contributed by atoms with E-state index in [0.29, 0.717) is 0 Å². The summed E-state index contributed by atoms with van der Waals surface area (Å²) in [5.41, 5.74) is 9.25. The Hall–Kier alpha value is -0.860. The lowest BCUT2D eigenvalue weighted by Crippen LogP contribution is -2.29. The van der Waals surface area contributed by atoms with Gasteiger partial charge in [-0.2, -0.15) is 0 Å². The number of rotatable bonds is 3. The van der Waals surface area contributed by atoms with E-state index in [2.05, 4.69) is 50.4 Å². The fourth-order valence-electron chi connectivity index (χ4n) is 2.84. The second-order valence-corrected chi connectivity index (χ2v) is 6.91. The lowest BCUT2D eigenvalue weighted by Gasteiger charge is -2.26. The van der Waals surface area contributed by atoms with E-state index in [1.54, 1.807) is 0 Å².